The standard InChI is InChI=1S/C18H28O/c1-4-5-7-10-16(3)18(19)14-15(2)13-17-11-8-6-9-12-17/h6,8-9,11-12,15-16H,4-5,7,10,13-14H2,1-3H3/t15-,16?/m0/s1. The third-order valence-corrected chi connectivity index (χ3v) is 3.77. The van der Waals surface area contributed by atoms with Crippen LogP contribution in [0.1, 0.15) is 58.4 Å². The Morgan fingerprint density at radius 1 is 1.11 bits per heavy atom. The molecule has 0 aliphatic carbocycles. The Labute approximate surface area is 118 Å². The zero-order chi connectivity index (χ0) is 14.1. The number of carbonyl (C=O) groups is 1. The van der Waals surface area contributed by atoms with Gasteiger partial charge in [0.15, 0.2) is 0 Å². The van der Waals surface area contributed by atoms with E-state index >= 15 is 0 Å². The smallest absolute Gasteiger partial charge is 0.135 e. The van der Waals surface area contributed by atoms with Gasteiger partial charge in [0.1, 0.15) is 5.78 Å². The highest BCUT2D eigenvalue weighted by Crippen LogP contribution is 2.18. The summed E-state index contributed by atoms with van der Waals surface area (Å²) in [6.07, 6.45) is 6.46. The molecule has 0 saturated heterocycles. The van der Waals surface area contributed by atoms with E-state index in [0.29, 0.717) is 11.7 Å². The summed E-state index contributed by atoms with van der Waals surface area (Å²) in [5, 5.41) is 0. The molecule has 0 amide bonds. The maximum Gasteiger partial charge on any atom is 0.135 e. The monoisotopic (exact) mass is 260 g/mol. The summed E-state index contributed by atoms with van der Waals surface area (Å²) in [6, 6.07) is 10.5. The van der Waals surface area contributed by atoms with Crippen LogP contribution < -0.4 is 0 Å². The Bertz CT molecular complexity index is 355. The number of hydrogen-bond acceptors (Lipinski definition) is 1. The minimum absolute atomic E-state index is 0.241. The summed E-state index contributed by atoms with van der Waals surface area (Å²) in [7, 11) is 0. The molecule has 0 bridgehead atoms. The van der Waals surface area contributed by atoms with Gasteiger partial charge in [-0.3, -0.25) is 4.79 Å². The van der Waals surface area contributed by atoms with E-state index in [9.17, 15) is 4.79 Å². The minimum Gasteiger partial charge on any atom is -0.299 e. The van der Waals surface area contributed by atoms with Crippen molar-refractivity contribution in [3.8, 4) is 0 Å². The number of unbranched alkanes of at least 4 members (excludes halogenated alkanes) is 2. The molecule has 1 rings (SSSR count). The van der Waals surface area contributed by atoms with Gasteiger partial charge in [0.25, 0.3) is 0 Å². The molecule has 1 unspecified atom stereocenters. The van der Waals surface area contributed by atoms with Gasteiger partial charge in [-0.2, -0.15) is 0 Å². The summed E-state index contributed by atoms with van der Waals surface area (Å²) < 4.78 is 0. The van der Waals surface area contributed by atoms with Gasteiger partial charge >= 0.3 is 0 Å². The molecule has 1 heteroatoms. The highest BCUT2D eigenvalue weighted by molar-refractivity contribution is 5.80. The maximum atomic E-state index is 12.1. The van der Waals surface area contributed by atoms with Crippen molar-refractivity contribution < 1.29 is 4.79 Å². The first-order valence-electron chi connectivity index (χ1n) is 7.70. The van der Waals surface area contributed by atoms with Gasteiger partial charge in [0, 0.05) is 12.3 Å². The molecule has 0 fully saturated rings. The first-order valence-corrected chi connectivity index (χ1v) is 7.70. The van der Waals surface area contributed by atoms with Crippen LogP contribution in [0.4, 0.5) is 0 Å². The van der Waals surface area contributed by atoms with Crippen molar-refractivity contribution in [2.24, 2.45) is 11.8 Å². The summed E-state index contributed by atoms with van der Waals surface area (Å²) in [5.74, 6) is 1.13. The molecule has 1 aromatic rings. The van der Waals surface area contributed by atoms with Crippen LogP contribution in [-0.2, 0) is 11.2 Å². The number of rotatable bonds is 9. The highest BCUT2D eigenvalue weighted by atomic mass is 16.1. The van der Waals surface area contributed by atoms with Gasteiger partial charge < -0.3 is 0 Å². The van der Waals surface area contributed by atoms with Crippen LogP contribution in [0.25, 0.3) is 0 Å². The maximum absolute atomic E-state index is 12.1. The zero-order valence-electron chi connectivity index (χ0n) is 12.7. The van der Waals surface area contributed by atoms with E-state index in [2.05, 4.69) is 45.0 Å². The lowest BCUT2D eigenvalue weighted by atomic mass is 9.89. The molecule has 19 heavy (non-hydrogen) atoms. The second-order valence-corrected chi connectivity index (χ2v) is 5.86. The van der Waals surface area contributed by atoms with Crippen molar-refractivity contribution in [3.05, 3.63) is 35.9 Å². The SMILES string of the molecule is CCCCCC(C)C(=O)C[C@@H](C)Cc1ccccc1. The van der Waals surface area contributed by atoms with Crippen LogP contribution in [0, 0.1) is 11.8 Å². The largest absolute Gasteiger partial charge is 0.299 e. The van der Waals surface area contributed by atoms with Gasteiger partial charge in [0.05, 0.1) is 0 Å². The Kier molecular flexibility index (Phi) is 7.47. The van der Waals surface area contributed by atoms with E-state index in [1.54, 1.807) is 0 Å². The van der Waals surface area contributed by atoms with Crippen molar-refractivity contribution in [1.82, 2.24) is 0 Å². The lowest BCUT2D eigenvalue weighted by molar-refractivity contribution is -0.123. The van der Waals surface area contributed by atoms with Gasteiger partial charge in [-0.15, -0.1) is 0 Å². The third kappa shape index (κ3) is 6.56. The van der Waals surface area contributed by atoms with Gasteiger partial charge in [-0.25, -0.2) is 0 Å². The molecule has 0 radical (unpaired) electrons. The molecule has 0 heterocycles. The number of benzene rings is 1. The van der Waals surface area contributed by atoms with Crippen molar-refractivity contribution >= 4 is 5.78 Å². The lowest BCUT2D eigenvalue weighted by Crippen LogP contribution is -2.15. The van der Waals surface area contributed by atoms with Crippen molar-refractivity contribution in [2.75, 3.05) is 0 Å². The second kappa shape index (κ2) is 8.90. The molecule has 0 aliphatic heterocycles. The second-order valence-electron chi connectivity index (χ2n) is 5.86. The third-order valence-electron chi connectivity index (χ3n) is 3.77. The summed E-state index contributed by atoms with van der Waals surface area (Å²) >= 11 is 0. The van der Waals surface area contributed by atoms with Crippen LogP contribution in [0.3, 0.4) is 0 Å². The lowest BCUT2D eigenvalue weighted by Gasteiger charge is -2.14. The molecule has 1 nitrogen and oxygen atoms in total. The van der Waals surface area contributed by atoms with Crippen LogP contribution in [0.5, 0.6) is 0 Å². The fraction of sp³-hybridized carbons (Fsp3) is 0.611. The van der Waals surface area contributed by atoms with Crippen molar-refractivity contribution in [1.29, 1.82) is 0 Å². The van der Waals surface area contributed by atoms with Crippen LogP contribution in [-0.4, -0.2) is 5.78 Å². The average molecular weight is 260 g/mol. The molecule has 1 aromatic carbocycles. The van der Waals surface area contributed by atoms with Crippen LogP contribution in [0.15, 0.2) is 30.3 Å². The highest BCUT2D eigenvalue weighted by Gasteiger charge is 2.16. The number of carbonyl (C=O) groups excluding carboxylic acids is 1. The van der Waals surface area contributed by atoms with Gasteiger partial charge in [-0.05, 0) is 24.3 Å². The molecule has 0 aromatic heterocycles. The van der Waals surface area contributed by atoms with E-state index in [1.165, 1.54) is 24.8 Å². The van der Waals surface area contributed by atoms with E-state index in [4.69, 9.17) is 0 Å². The molecule has 0 spiro atoms. The molecule has 106 valence electrons. The van der Waals surface area contributed by atoms with Gasteiger partial charge in [0.2, 0.25) is 0 Å². The fourth-order valence-electron chi connectivity index (χ4n) is 2.49. The Morgan fingerprint density at radius 3 is 2.42 bits per heavy atom. The molecule has 0 saturated carbocycles. The molecular weight excluding hydrogens is 232 g/mol. The number of Topliss-reactive ketones (excluding diaryl/α,β-unsaturated/α-hetero) is 1. The fourth-order valence-corrected chi connectivity index (χ4v) is 2.49. The topological polar surface area (TPSA) is 17.1 Å². The van der Waals surface area contributed by atoms with Gasteiger partial charge in [-0.1, -0.05) is 70.4 Å². The normalized spacial score (nSPS) is 14.1. The Hall–Kier alpha value is -1.11. The van der Waals surface area contributed by atoms with E-state index in [-0.39, 0.29) is 5.92 Å². The van der Waals surface area contributed by atoms with E-state index in [1.807, 2.05) is 6.07 Å². The zero-order valence-corrected chi connectivity index (χ0v) is 12.7. The average Bonchev–Trinajstić information content (AvgIpc) is 2.39. The van der Waals surface area contributed by atoms with Crippen molar-refractivity contribution in [2.45, 2.75) is 59.3 Å². The number of ketones is 1. The quantitative estimate of drug-likeness (QED) is 0.568. The Balaban J connectivity index is 2.31. The first-order chi connectivity index (χ1) is 9.13. The summed E-state index contributed by atoms with van der Waals surface area (Å²) in [4.78, 5) is 12.1. The Morgan fingerprint density at radius 2 is 1.79 bits per heavy atom. The molecule has 0 N–H and O–H groups in total. The van der Waals surface area contributed by atoms with Crippen LogP contribution in [0.2, 0.25) is 0 Å². The molecule has 2 atom stereocenters. The predicted octanol–water partition coefficient (Wildman–Crippen LogP) is 5.04. The minimum atomic E-state index is 0.241. The van der Waals surface area contributed by atoms with E-state index < -0.39 is 0 Å². The summed E-state index contributed by atoms with van der Waals surface area (Å²) in [5.41, 5.74) is 1.33. The van der Waals surface area contributed by atoms with Crippen LogP contribution >= 0.6 is 0 Å². The molecular formula is C18H28O. The molecule has 0 aliphatic rings. The van der Waals surface area contributed by atoms with E-state index in [0.717, 1.165) is 19.3 Å². The summed E-state index contributed by atoms with van der Waals surface area (Å²) in [6.45, 7) is 6.48. The first kappa shape index (κ1) is 15.9. The van der Waals surface area contributed by atoms with Crippen molar-refractivity contribution in [3.63, 3.8) is 0 Å². The predicted molar refractivity (Wildman–Crippen MR) is 82.2 cm³/mol. The number of hydrogen-bond donors (Lipinski definition) is 0.